The highest BCUT2D eigenvalue weighted by Crippen LogP contribution is 2.13. The van der Waals surface area contributed by atoms with Crippen LogP contribution in [0.3, 0.4) is 0 Å². The molecule has 0 spiro atoms. The van der Waals surface area contributed by atoms with Crippen LogP contribution in [0, 0.1) is 0 Å². The van der Waals surface area contributed by atoms with Crippen LogP contribution in [-0.4, -0.2) is 49.7 Å². The molecule has 1 fully saturated rings. The topological polar surface area (TPSA) is 41.6 Å². The maximum Gasteiger partial charge on any atom is 0.236 e. The van der Waals surface area contributed by atoms with E-state index in [-0.39, 0.29) is 5.91 Å². The SMILES string of the molecule is CCNCC(=O)N1CCC(OCC)CC1. The molecular weight excluding hydrogens is 192 g/mol. The molecule has 1 rings (SSSR count). The first kappa shape index (κ1) is 12.5. The second kappa shape index (κ2) is 6.80. The Labute approximate surface area is 92.0 Å². The number of nitrogens with zero attached hydrogens (tertiary/aromatic N) is 1. The molecule has 0 radical (unpaired) electrons. The number of rotatable bonds is 5. The summed E-state index contributed by atoms with van der Waals surface area (Å²) in [6.07, 6.45) is 2.32. The Balaban J connectivity index is 2.21. The lowest BCUT2D eigenvalue weighted by Gasteiger charge is -2.31. The highest BCUT2D eigenvalue weighted by molar-refractivity contribution is 5.78. The van der Waals surface area contributed by atoms with Gasteiger partial charge in [0.1, 0.15) is 0 Å². The lowest BCUT2D eigenvalue weighted by Crippen LogP contribution is -2.44. The Hall–Kier alpha value is -0.610. The van der Waals surface area contributed by atoms with Gasteiger partial charge in [0.15, 0.2) is 0 Å². The fourth-order valence-electron chi connectivity index (χ4n) is 1.85. The molecule has 1 aliphatic heterocycles. The summed E-state index contributed by atoms with van der Waals surface area (Å²) in [5.41, 5.74) is 0. The average Bonchev–Trinajstić information content (AvgIpc) is 2.27. The highest BCUT2D eigenvalue weighted by Gasteiger charge is 2.22. The van der Waals surface area contributed by atoms with Gasteiger partial charge in [0.05, 0.1) is 12.6 Å². The first-order valence-corrected chi connectivity index (χ1v) is 5.88. The second-order valence-corrected chi connectivity index (χ2v) is 3.82. The van der Waals surface area contributed by atoms with Gasteiger partial charge in [-0.25, -0.2) is 0 Å². The van der Waals surface area contributed by atoms with Gasteiger partial charge in [-0.1, -0.05) is 6.92 Å². The minimum Gasteiger partial charge on any atom is -0.378 e. The van der Waals surface area contributed by atoms with Crippen LogP contribution in [0.1, 0.15) is 26.7 Å². The monoisotopic (exact) mass is 214 g/mol. The van der Waals surface area contributed by atoms with Crippen LogP contribution >= 0.6 is 0 Å². The molecule has 0 saturated carbocycles. The number of ether oxygens (including phenoxy) is 1. The molecule has 15 heavy (non-hydrogen) atoms. The van der Waals surface area contributed by atoms with E-state index in [1.165, 1.54) is 0 Å². The van der Waals surface area contributed by atoms with E-state index in [4.69, 9.17) is 4.74 Å². The summed E-state index contributed by atoms with van der Waals surface area (Å²) >= 11 is 0. The third kappa shape index (κ3) is 4.18. The molecule has 1 amide bonds. The molecule has 0 bridgehead atoms. The van der Waals surface area contributed by atoms with Crippen LogP contribution in [0.4, 0.5) is 0 Å². The lowest BCUT2D eigenvalue weighted by molar-refractivity contribution is -0.132. The van der Waals surface area contributed by atoms with Crippen LogP contribution in [0.15, 0.2) is 0 Å². The molecule has 1 saturated heterocycles. The van der Waals surface area contributed by atoms with Gasteiger partial charge < -0.3 is 15.0 Å². The van der Waals surface area contributed by atoms with E-state index in [1.54, 1.807) is 0 Å². The third-order valence-electron chi connectivity index (χ3n) is 2.72. The van der Waals surface area contributed by atoms with E-state index in [0.29, 0.717) is 12.6 Å². The molecule has 4 nitrogen and oxygen atoms in total. The summed E-state index contributed by atoms with van der Waals surface area (Å²) in [6.45, 7) is 7.80. The average molecular weight is 214 g/mol. The smallest absolute Gasteiger partial charge is 0.236 e. The number of piperidine rings is 1. The van der Waals surface area contributed by atoms with Crippen molar-refractivity contribution in [2.75, 3.05) is 32.8 Å². The lowest BCUT2D eigenvalue weighted by atomic mass is 10.1. The van der Waals surface area contributed by atoms with Crippen LogP contribution < -0.4 is 5.32 Å². The van der Waals surface area contributed by atoms with Crippen molar-refractivity contribution in [2.24, 2.45) is 0 Å². The quantitative estimate of drug-likeness (QED) is 0.729. The van der Waals surface area contributed by atoms with Crippen LogP contribution in [0.25, 0.3) is 0 Å². The Morgan fingerprint density at radius 2 is 2.07 bits per heavy atom. The van der Waals surface area contributed by atoms with Gasteiger partial charge in [-0.2, -0.15) is 0 Å². The summed E-state index contributed by atoms with van der Waals surface area (Å²) in [7, 11) is 0. The Morgan fingerprint density at radius 1 is 1.40 bits per heavy atom. The zero-order chi connectivity index (χ0) is 11.1. The number of likely N-dealkylation sites (tertiary alicyclic amines) is 1. The molecule has 0 unspecified atom stereocenters. The normalized spacial score (nSPS) is 18.1. The van der Waals surface area contributed by atoms with E-state index >= 15 is 0 Å². The Morgan fingerprint density at radius 3 is 2.60 bits per heavy atom. The summed E-state index contributed by atoms with van der Waals surface area (Å²) in [6, 6.07) is 0. The fraction of sp³-hybridized carbons (Fsp3) is 0.909. The standard InChI is InChI=1S/C11H22N2O2/c1-3-12-9-11(14)13-7-5-10(6-8-13)15-4-2/h10,12H,3-9H2,1-2H3. The summed E-state index contributed by atoms with van der Waals surface area (Å²) in [5.74, 6) is 0.215. The minimum atomic E-state index is 0.215. The molecular formula is C11H22N2O2. The largest absolute Gasteiger partial charge is 0.378 e. The van der Waals surface area contributed by atoms with Gasteiger partial charge in [-0.15, -0.1) is 0 Å². The van der Waals surface area contributed by atoms with Crippen molar-refractivity contribution in [3.05, 3.63) is 0 Å². The Kier molecular flexibility index (Phi) is 5.65. The number of hydrogen-bond acceptors (Lipinski definition) is 3. The van der Waals surface area contributed by atoms with E-state index in [2.05, 4.69) is 5.32 Å². The van der Waals surface area contributed by atoms with Gasteiger partial charge in [-0.05, 0) is 26.3 Å². The van der Waals surface area contributed by atoms with E-state index in [9.17, 15) is 4.79 Å². The van der Waals surface area contributed by atoms with Gasteiger partial charge >= 0.3 is 0 Å². The van der Waals surface area contributed by atoms with Crippen molar-refractivity contribution in [1.29, 1.82) is 0 Å². The highest BCUT2D eigenvalue weighted by atomic mass is 16.5. The molecule has 4 heteroatoms. The van der Waals surface area contributed by atoms with Gasteiger partial charge in [0.2, 0.25) is 5.91 Å². The molecule has 1 N–H and O–H groups in total. The third-order valence-corrected chi connectivity index (χ3v) is 2.72. The summed E-state index contributed by atoms with van der Waals surface area (Å²) in [5, 5.41) is 3.06. The summed E-state index contributed by atoms with van der Waals surface area (Å²) in [4.78, 5) is 13.6. The van der Waals surface area contributed by atoms with Gasteiger partial charge in [0, 0.05) is 19.7 Å². The first-order valence-electron chi connectivity index (χ1n) is 5.88. The number of likely N-dealkylation sites (N-methyl/N-ethyl adjacent to an activating group) is 1. The predicted octanol–water partition coefficient (Wildman–Crippen LogP) is 0.623. The number of amides is 1. The van der Waals surface area contributed by atoms with Crippen LogP contribution in [0.2, 0.25) is 0 Å². The molecule has 0 aromatic heterocycles. The zero-order valence-corrected chi connectivity index (χ0v) is 9.79. The minimum absolute atomic E-state index is 0.215. The first-order chi connectivity index (χ1) is 7.27. The number of carbonyl (C=O) groups excluding carboxylic acids is 1. The molecule has 88 valence electrons. The zero-order valence-electron chi connectivity index (χ0n) is 9.79. The van der Waals surface area contributed by atoms with Crippen molar-refractivity contribution in [3.63, 3.8) is 0 Å². The molecule has 0 aliphatic carbocycles. The number of carbonyl (C=O) groups is 1. The van der Waals surface area contributed by atoms with Crippen LogP contribution in [-0.2, 0) is 9.53 Å². The van der Waals surface area contributed by atoms with Crippen LogP contribution in [0.5, 0.6) is 0 Å². The maximum atomic E-state index is 11.6. The van der Waals surface area contributed by atoms with E-state index in [0.717, 1.165) is 39.1 Å². The molecule has 1 aliphatic rings. The molecule has 0 atom stereocenters. The van der Waals surface area contributed by atoms with Crippen molar-refractivity contribution in [3.8, 4) is 0 Å². The van der Waals surface area contributed by atoms with Gasteiger partial charge in [0.25, 0.3) is 0 Å². The predicted molar refractivity (Wildman–Crippen MR) is 59.8 cm³/mol. The van der Waals surface area contributed by atoms with Crippen molar-refractivity contribution in [1.82, 2.24) is 10.2 Å². The molecule has 0 aromatic rings. The fourth-order valence-corrected chi connectivity index (χ4v) is 1.85. The molecule has 1 heterocycles. The number of nitrogens with one attached hydrogen (secondary N) is 1. The molecule has 0 aromatic carbocycles. The van der Waals surface area contributed by atoms with Crippen molar-refractivity contribution in [2.45, 2.75) is 32.8 Å². The Bertz CT molecular complexity index is 189. The maximum absolute atomic E-state index is 11.6. The number of hydrogen-bond donors (Lipinski definition) is 1. The van der Waals surface area contributed by atoms with E-state index < -0.39 is 0 Å². The van der Waals surface area contributed by atoms with E-state index in [1.807, 2.05) is 18.7 Å². The summed E-state index contributed by atoms with van der Waals surface area (Å²) < 4.78 is 5.54. The van der Waals surface area contributed by atoms with Gasteiger partial charge in [-0.3, -0.25) is 4.79 Å². The van der Waals surface area contributed by atoms with Crippen molar-refractivity contribution >= 4 is 5.91 Å². The van der Waals surface area contributed by atoms with Crippen molar-refractivity contribution < 1.29 is 9.53 Å². The second-order valence-electron chi connectivity index (χ2n) is 3.82.